The number of carbonyl (C=O) groups is 1. The molecule has 1 aliphatic heterocycles. The van der Waals surface area contributed by atoms with Crippen LogP contribution in [0.3, 0.4) is 0 Å². The minimum Gasteiger partial charge on any atom is -0.368 e. The fourth-order valence-electron chi connectivity index (χ4n) is 3.83. The molecule has 3 rings (SSSR count). The molecule has 1 fully saturated rings. The van der Waals surface area contributed by atoms with Gasteiger partial charge in [-0.15, -0.1) is 0 Å². The molecule has 0 atom stereocenters. The van der Waals surface area contributed by atoms with Gasteiger partial charge >= 0.3 is 0 Å². The number of carbonyl (C=O) groups excluding carboxylic acids is 1. The lowest BCUT2D eigenvalue weighted by Crippen LogP contribution is -2.46. The van der Waals surface area contributed by atoms with Gasteiger partial charge in [0.2, 0.25) is 6.41 Å². The van der Waals surface area contributed by atoms with Crippen molar-refractivity contribution in [1.82, 2.24) is 4.90 Å². The van der Waals surface area contributed by atoms with Gasteiger partial charge in [-0.25, -0.2) is 0 Å². The normalized spacial score (nSPS) is 14.8. The molecule has 0 aromatic heterocycles. The quantitative estimate of drug-likeness (QED) is 0.424. The zero-order valence-electron chi connectivity index (χ0n) is 17.0. The highest BCUT2D eigenvalue weighted by Crippen LogP contribution is 2.32. The van der Waals surface area contributed by atoms with Gasteiger partial charge in [0.05, 0.1) is 15.7 Å². The first-order valence-electron chi connectivity index (χ1n) is 10.3. The number of unbranched alkanes of at least 4 members (excludes halogenated alkanes) is 2. The van der Waals surface area contributed by atoms with E-state index >= 15 is 0 Å². The van der Waals surface area contributed by atoms with Crippen LogP contribution in [-0.2, 0) is 11.2 Å². The first-order valence-corrected chi connectivity index (χ1v) is 11.0. The SMILES string of the molecule is Cc1ccc(CCCCCN2CCN(c3cccc(Cl)c3Cl)CC2)cc1NC=O. The number of halogens is 2. The van der Waals surface area contributed by atoms with Crippen LogP contribution in [0.2, 0.25) is 10.0 Å². The smallest absolute Gasteiger partial charge is 0.211 e. The van der Waals surface area contributed by atoms with Crippen LogP contribution in [0.25, 0.3) is 0 Å². The Balaban J connectivity index is 1.36. The fourth-order valence-corrected chi connectivity index (χ4v) is 4.25. The molecule has 0 saturated carbocycles. The summed E-state index contributed by atoms with van der Waals surface area (Å²) >= 11 is 12.5. The van der Waals surface area contributed by atoms with Crippen molar-refractivity contribution in [1.29, 1.82) is 0 Å². The van der Waals surface area contributed by atoms with Gasteiger partial charge in [-0.2, -0.15) is 0 Å². The average Bonchev–Trinajstić information content (AvgIpc) is 2.73. The molecule has 29 heavy (non-hydrogen) atoms. The molecular formula is C23H29Cl2N3O. The maximum Gasteiger partial charge on any atom is 0.211 e. The number of rotatable bonds is 9. The molecule has 1 heterocycles. The summed E-state index contributed by atoms with van der Waals surface area (Å²) in [6.45, 7) is 7.23. The van der Waals surface area contributed by atoms with E-state index in [4.69, 9.17) is 23.2 Å². The highest BCUT2D eigenvalue weighted by molar-refractivity contribution is 6.43. The first-order chi connectivity index (χ1) is 14.1. The van der Waals surface area contributed by atoms with Crippen molar-refractivity contribution in [3.8, 4) is 0 Å². The summed E-state index contributed by atoms with van der Waals surface area (Å²) in [5, 5.41) is 4.05. The van der Waals surface area contributed by atoms with E-state index in [-0.39, 0.29) is 0 Å². The fraction of sp³-hybridized carbons (Fsp3) is 0.435. The summed E-state index contributed by atoms with van der Waals surface area (Å²) in [6.07, 6.45) is 5.39. The van der Waals surface area contributed by atoms with E-state index < -0.39 is 0 Å². The van der Waals surface area contributed by atoms with E-state index in [0.29, 0.717) is 10.0 Å². The van der Waals surface area contributed by atoms with Crippen molar-refractivity contribution in [3.63, 3.8) is 0 Å². The Morgan fingerprint density at radius 3 is 2.59 bits per heavy atom. The van der Waals surface area contributed by atoms with E-state index in [9.17, 15) is 4.79 Å². The van der Waals surface area contributed by atoms with Crippen LogP contribution >= 0.6 is 23.2 Å². The number of piperazine rings is 1. The highest BCUT2D eigenvalue weighted by atomic mass is 35.5. The van der Waals surface area contributed by atoms with Crippen molar-refractivity contribution < 1.29 is 4.79 Å². The summed E-state index contributed by atoms with van der Waals surface area (Å²) in [5.74, 6) is 0. The predicted octanol–water partition coefficient (Wildman–Crippen LogP) is 5.41. The third-order valence-electron chi connectivity index (χ3n) is 5.60. The monoisotopic (exact) mass is 433 g/mol. The van der Waals surface area contributed by atoms with Gasteiger partial charge in [0.1, 0.15) is 0 Å². The molecule has 2 aromatic carbocycles. The molecule has 0 aliphatic carbocycles. The van der Waals surface area contributed by atoms with Gasteiger partial charge in [0.25, 0.3) is 0 Å². The summed E-state index contributed by atoms with van der Waals surface area (Å²) in [6, 6.07) is 12.2. The molecule has 1 amide bonds. The van der Waals surface area contributed by atoms with Crippen LogP contribution in [0.1, 0.15) is 30.4 Å². The van der Waals surface area contributed by atoms with Crippen LogP contribution in [0.5, 0.6) is 0 Å². The molecule has 0 spiro atoms. The third kappa shape index (κ3) is 6.11. The molecule has 1 aliphatic rings. The van der Waals surface area contributed by atoms with Crippen molar-refractivity contribution in [2.45, 2.75) is 32.6 Å². The molecule has 1 N–H and O–H groups in total. The molecule has 1 saturated heterocycles. The van der Waals surface area contributed by atoms with E-state index in [1.807, 2.05) is 25.1 Å². The van der Waals surface area contributed by atoms with Crippen molar-refractivity contribution in [3.05, 3.63) is 57.6 Å². The second kappa shape index (κ2) is 10.9. The number of hydrogen-bond acceptors (Lipinski definition) is 3. The van der Waals surface area contributed by atoms with Crippen LogP contribution in [0.4, 0.5) is 11.4 Å². The van der Waals surface area contributed by atoms with Crippen molar-refractivity contribution in [2.24, 2.45) is 0 Å². The molecule has 156 valence electrons. The zero-order chi connectivity index (χ0) is 20.6. The van der Waals surface area contributed by atoms with Crippen LogP contribution in [-0.4, -0.2) is 44.0 Å². The highest BCUT2D eigenvalue weighted by Gasteiger charge is 2.19. The van der Waals surface area contributed by atoms with Gasteiger partial charge in [-0.3, -0.25) is 9.69 Å². The van der Waals surface area contributed by atoms with Crippen molar-refractivity contribution in [2.75, 3.05) is 42.9 Å². The standard InChI is InChI=1S/C23H29Cl2N3O/c1-18-9-10-19(16-21(18)26-17-29)6-3-2-4-11-27-12-14-28(15-13-27)22-8-5-7-20(24)23(22)25/h5,7-10,16-17H,2-4,6,11-15H2,1H3,(H,26,29). The maximum atomic E-state index is 10.7. The Kier molecular flexibility index (Phi) is 8.22. The Bertz CT molecular complexity index is 820. The van der Waals surface area contributed by atoms with Gasteiger partial charge in [-0.05, 0) is 62.1 Å². The molecule has 4 nitrogen and oxygen atoms in total. The number of hydrogen-bond donors (Lipinski definition) is 1. The second-order valence-corrected chi connectivity index (χ2v) is 8.41. The number of nitrogens with one attached hydrogen (secondary N) is 1. The lowest BCUT2D eigenvalue weighted by Gasteiger charge is -2.36. The van der Waals surface area contributed by atoms with E-state index in [2.05, 4.69) is 33.3 Å². The lowest BCUT2D eigenvalue weighted by atomic mass is 10.0. The Hall–Kier alpha value is -1.75. The maximum absolute atomic E-state index is 10.7. The van der Waals surface area contributed by atoms with Gasteiger partial charge in [-0.1, -0.05) is 47.8 Å². The molecule has 0 unspecified atom stereocenters. The molecular weight excluding hydrogens is 405 g/mol. The van der Waals surface area contributed by atoms with Crippen LogP contribution < -0.4 is 10.2 Å². The van der Waals surface area contributed by atoms with E-state index in [1.165, 1.54) is 24.8 Å². The largest absolute Gasteiger partial charge is 0.368 e. The minimum absolute atomic E-state index is 0.620. The number of nitrogens with zero attached hydrogens (tertiary/aromatic N) is 2. The van der Waals surface area contributed by atoms with E-state index in [1.54, 1.807) is 0 Å². The number of aryl methyl sites for hydroxylation is 2. The number of benzene rings is 2. The number of amides is 1. The first kappa shape index (κ1) is 21.9. The Labute approximate surface area is 183 Å². The zero-order valence-corrected chi connectivity index (χ0v) is 18.5. The minimum atomic E-state index is 0.620. The van der Waals surface area contributed by atoms with Crippen molar-refractivity contribution >= 4 is 41.0 Å². The summed E-state index contributed by atoms with van der Waals surface area (Å²) < 4.78 is 0. The third-order valence-corrected chi connectivity index (χ3v) is 6.41. The molecule has 2 aromatic rings. The predicted molar refractivity (Wildman–Crippen MR) is 124 cm³/mol. The van der Waals surface area contributed by atoms with Crippen LogP contribution in [0.15, 0.2) is 36.4 Å². The lowest BCUT2D eigenvalue weighted by molar-refractivity contribution is -0.105. The van der Waals surface area contributed by atoms with Gasteiger partial charge < -0.3 is 10.2 Å². The Morgan fingerprint density at radius 1 is 1.03 bits per heavy atom. The summed E-state index contributed by atoms with van der Waals surface area (Å²) in [4.78, 5) is 15.5. The second-order valence-electron chi connectivity index (χ2n) is 7.62. The summed E-state index contributed by atoms with van der Waals surface area (Å²) in [5.41, 5.74) is 4.33. The summed E-state index contributed by atoms with van der Waals surface area (Å²) in [7, 11) is 0. The van der Waals surface area contributed by atoms with Crippen LogP contribution in [0, 0.1) is 6.92 Å². The topological polar surface area (TPSA) is 35.6 Å². The van der Waals surface area contributed by atoms with E-state index in [0.717, 1.165) is 62.5 Å². The number of anilines is 2. The Morgan fingerprint density at radius 2 is 1.83 bits per heavy atom. The molecule has 0 radical (unpaired) electrons. The van der Waals surface area contributed by atoms with Gasteiger partial charge in [0.15, 0.2) is 0 Å². The molecule has 6 heteroatoms. The molecule has 0 bridgehead atoms. The average molecular weight is 434 g/mol. The van der Waals surface area contributed by atoms with Gasteiger partial charge in [0, 0.05) is 31.9 Å².